The minimum Gasteiger partial charge on any atom is -0.465 e. The van der Waals surface area contributed by atoms with Crippen LogP contribution in [0.15, 0.2) is 79.1 Å². The zero-order valence-electron chi connectivity index (χ0n) is 39.8. The van der Waals surface area contributed by atoms with Crippen molar-refractivity contribution < 1.29 is 37.8 Å². The summed E-state index contributed by atoms with van der Waals surface area (Å²) in [5, 5.41) is 19.7. The van der Waals surface area contributed by atoms with E-state index >= 15 is 4.39 Å². The monoisotopic (exact) mass is 980 g/mol. The Morgan fingerprint density at radius 3 is 1.49 bits per heavy atom. The van der Waals surface area contributed by atoms with Gasteiger partial charge in [-0.1, -0.05) is 93.8 Å². The van der Waals surface area contributed by atoms with E-state index in [4.69, 9.17) is 9.84 Å². The van der Waals surface area contributed by atoms with E-state index in [-0.39, 0.29) is 62.0 Å². The van der Waals surface area contributed by atoms with E-state index in [9.17, 15) is 23.6 Å². The molecule has 2 atom stereocenters. The number of amides is 4. The van der Waals surface area contributed by atoms with Crippen molar-refractivity contribution in [3.8, 4) is 0 Å². The minimum absolute atomic E-state index is 0.00441. The molecule has 2 aliphatic carbocycles. The summed E-state index contributed by atoms with van der Waals surface area (Å²) < 4.78 is 35.3. The number of alkyl carbamates (subject to hydrolysis) is 1. The van der Waals surface area contributed by atoms with Gasteiger partial charge in [0.05, 0.1) is 36.3 Å². The van der Waals surface area contributed by atoms with Crippen LogP contribution in [0.2, 0.25) is 0 Å². The van der Waals surface area contributed by atoms with Gasteiger partial charge < -0.3 is 31.1 Å². The number of pyridine rings is 2. The van der Waals surface area contributed by atoms with E-state index in [2.05, 4.69) is 72.9 Å². The van der Waals surface area contributed by atoms with Crippen LogP contribution in [0.25, 0.3) is 0 Å². The third-order valence-corrected chi connectivity index (χ3v) is 12.0. The summed E-state index contributed by atoms with van der Waals surface area (Å²) >= 11 is 0. The van der Waals surface area contributed by atoms with Gasteiger partial charge in [0.15, 0.2) is 23.3 Å². The van der Waals surface area contributed by atoms with E-state index < -0.39 is 41.6 Å². The summed E-state index contributed by atoms with van der Waals surface area (Å²) in [5.74, 6) is -2.34. The number of aryl methyl sites for hydroxylation is 2. The van der Waals surface area contributed by atoms with Gasteiger partial charge in [0.1, 0.15) is 18.3 Å². The molecule has 378 valence electrons. The summed E-state index contributed by atoms with van der Waals surface area (Å²) in [7, 11) is 0. The van der Waals surface area contributed by atoms with Gasteiger partial charge in [0.2, 0.25) is 23.4 Å². The number of nitrogens with zero attached hydrogens (tertiary/aromatic N) is 6. The number of carbonyl (C=O) groups is 4. The van der Waals surface area contributed by atoms with Crippen molar-refractivity contribution in [2.24, 2.45) is 23.7 Å². The molecular formula is C49H62F2N14O6. The first-order valence-corrected chi connectivity index (χ1v) is 23.8. The number of carboxylic acid groups (broad SMARTS) is 1. The van der Waals surface area contributed by atoms with E-state index in [1.54, 1.807) is 44.4 Å². The van der Waals surface area contributed by atoms with Crippen LogP contribution in [0.1, 0.15) is 92.8 Å². The molecule has 22 heteroatoms. The Kier molecular flexibility index (Phi) is 20.3. The Bertz CT molecular complexity index is 2490. The number of ether oxygens (including phenoxy) is 1. The zero-order valence-corrected chi connectivity index (χ0v) is 39.8. The van der Waals surface area contributed by atoms with Crippen molar-refractivity contribution in [2.45, 2.75) is 97.8 Å². The van der Waals surface area contributed by atoms with Gasteiger partial charge >= 0.3 is 12.2 Å². The average Bonchev–Trinajstić information content (AvgIpc) is 4.11. The number of hydrazine groups is 2. The van der Waals surface area contributed by atoms with Crippen LogP contribution in [0.3, 0.4) is 0 Å². The highest BCUT2D eigenvalue weighted by Gasteiger charge is 2.28. The van der Waals surface area contributed by atoms with Crippen LogP contribution in [0.5, 0.6) is 0 Å². The second kappa shape index (κ2) is 27.4. The number of rotatable bonds is 22. The number of halogens is 2. The standard InChI is InChI=1S/C28H34FN7O3.C21H28FN7O3/c1-19-33-25(31-17-23-13-7-8-14-30-23)24(29)26(34-19)35-36-27(37)22(15-20-9-5-6-10-20)16-32-28(38)39-18-21-11-3-2-4-12-21;1-13-26-18(24-12-16-8-4-5-9-23-16)17(22)19(27-13)28-29-20(30)15(11-25-21(31)32)10-14-6-2-3-7-14/h2-4,7-8,11-14,20,22H,5-6,9-10,15-18H2,1H3,(H,32,38)(H,36,37)(H2,31,33,34,35);4-5,8-9,14-15,25H,2-3,6-7,10-12H2,1H3,(H,29,30)(H,31,32)(H2,24,26,27,28)/t22-;15-/m11/s1. The molecular weight excluding hydrogens is 919 g/mol. The first-order valence-electron chi connectivity index (χ1n) is 23.8. The number of aromatic nitrogens is 6. The molecule has 0 unspecified atom stereocenters. The fourth-order valence-corrected chi connectivity index (χ4v) is 8.37. The number of nitrogens with one attached hydrogen (secondary N) is 8. The Hall–Kier alpha value is -7.78. The Labute approximate surface area is 410 Å². The van der Waals surface area contributed by atoms with Gasteiger partial charge in [0.25, 0.3) is 0 Å². The maximum atomic E-state index is 15.1. The van der Waals surface area contributed by atoms with Gasteiger partial charge in [-0.05, 0) is 68.4 Å². The van der Waals surface area contributed by atoms with Crippen molar-refractivity contribution >= 4 is 47.3 Å². The van der Waals surface area contributed by atoms with E-state index in [0.717, 1.165) is 62.6 Å². The van der Waals surface area contributed by atoms with E-state index in [1.807, 2.05) is 48.5 Å². The summed E-state index contributed by atoms with van der Waals surface area (Å²) in [6.45, 7) is 4.00. The molecule has 4 amide bonds. The molecule has 0 bridgehead atoms. The van der Waals surface area contributed by atoms with Crippen LogP contribution >= 0.6 is 0 Å². The molecule has 2 fully saturated rings. The SMILES string of the molecule is Cc1nc(NCc2ccccn2)c(F)c(NNC(=O)[C@@H](CNC(=O)O)CC2CCCC2)n1.Cc1nc(NCc2ccccn2)c(F)c(NNC(=O)[C@@H](CNC(=O)OCc2ccccc2)CC2CCCC2)n1. The summed E-state index contributed by atoms with van der Waals surface area (Å²) in [4.78, 5) is 73.7. The highest BCUT2D eigenvalue weighted by molar-refractivity contribution is 5.81. The normalized spacial score (nSPS) is 14.2. The Balaban J connectivity index is 0.000000237. The van der Waals surface area contributed by atoms with E-state index in [1.165, 1.54) is 0 Å². The molecule has 1 aromatic carbocycles. The second-order valence-corrected chi connectivity index (χ2v) is 17.4. The van der Waals surface area contributed by atoms with Crippen LogP contribution in [0, 0.1) is 49.2 Å². The van der Waals surface area contributed by atoms with Crippen LogP contribution < -0.4 is 43.0 Å². The van der Waals surface area contributed by atoms with Gasteiger partial charge in [0, 0.05) is 25.5 Å². The van der Waals surface area contributed by atoms with Gasteiger partial charge in [-0.2, -0.15) is 8.78 Å². The smallest absolute Gasteiger partial charge is 0.407 e. The molecule has 2 saturated carbocycles. The molecule has 0 radical (unpaired) electrons. The predicted molar refractivity (Wildman–Crippen MR) is 261 cm³/mol. The van der Waals surface area contributed by atoms with Gasteiger partial charge in [-0.3, -0.25) is 41.3 Å². The third-order valence-electron chi connectivity index (χ3n) is 12.0. The molecule has 7 rings (SSSR count). The summed E-state index contributed by atoms with van der Waals surface area (Å²) in [5.41, 5.74) is 12.5. The van der Waals surface area contributed by atoms with Gasteiger partial charge in [-0.25, -0.2) is 29.5 Å². The highest BCUT2D eigenvalue weighted by atomic mass is 19.1. The molecule has 4 aromatic heterocycles. The quantitative estimate of drug-likeness (QED) is 0.0307. The summed E-state index contributed by atoms with van der Waals surface area (Å²) in [6.07, 6.45) is 11.3. The maximum Gasteiger partial charge on any atom is 0.407 e. The fraction of sp³-hybridized carbons (Fsp3) is 0.429. The second-order valence-electron chi connectivity index (χ2n) is 17.4. The van der Waals surface area contributed by atoms with Crippen LogP contribution in [-0.4, -0.2) is 72.1 Å². The fourth-order valence-electron chi connectivity index (χ4n) is 8.37. The minimum atomic E-state index is -1.19. The predicted octanol–water partition coefficient (Wildman–Crippen LogP) is 7.34. The van der Waals surface area contributed by atoms with Crippen LogP contribution in [0.4, 0.5) is 41.6 Å². The lowest BCUT2D eigenvalue weighted by atomic mass is 9.92. The average molecular weight is 981 g/mol. The van der Waals surface area contributed by atoms with Crippen molar-refractivity contribution in [1.29, 1.82) is 0 Å². The molecule has 5 aromatic rings. The Morgan fingerprint density at radius 2 is 1.06 bits per heavy atom. The molecule has 0 saturated heterocycles. The van der Waals surface area contributed by atoms with Crippen molar-refractivity contribution in [2.75, 3.05) is 34.6 Å². The first-order chi connectivity index (χ1) is 34.4. The molecule has 9 N–H and O–H groups in total. The topological polar surface area (TPSA) is 271 Å². The lowest BCUT2D eigenvalue weighted by molar-refractivity contribution is -0.125. The number of hydrogen-bond acceptors (Lipinski definition) is 15. The lowest BCUT2D eigenvalue weighted by Gasteiger charge is -2.21. The summed E-state index contributed by atoms with van der Waals surface area (Å²) in [6, 6.07) is 20.2. The highest BCUT2D eigenvalue weighted by Crippen LogP contribution is 2.32. The molecule has 20 nitrogen and oxygen atoms in total. The first kappa shape index (κ1) is 52.6. The molecule has 4 heterocycles. The van der Waals surface area contributed by atoms with Crippen molar-refractivity contribution in [3.63, 3.8) is 0 Å². The number of benzene rings is 1. The van der Waals surface area contributed by atoms with Crippen LogP contribution in [-0.2, 0) is 34.0 Å². The molecule has 71 heavy (non-hydrogen) atoms. The van der Waals surface area contributed by atoms with Crippen molar-refractivity contribution in [3.05, 3.63) is 119 Å². The largest absolute Gasteiger partial charge is 0.465 e. The zero-order chi connectivity index (χ0) is 50.4. The third kappa shape index (κ3) is 17.6. The number of carbonyl (C=O) groups excluding carboxylic acids is 3. The molecule has 0 aliphatic heterocycles. The van der Waals surface area contributed by atoms with Crippen molar-refractivity contribution in [1.82, 2.24) is 51.4 Å². The Morgan fingerprint density at radius 1 is 0.620 bits per heavy atom. The van der Waals surface area contributed by atoms with E-state index in [0.29, 0.717) is 42.0 Å². The number of anilines is 4. The number of hydrogen-bond donors (Lipinski definition) is 9. The van der Waals surface area contributed by atoms with Gasteiger partial charge in [-0.15, -0.1) is 0 Å². The molecule has 0 spiro atoms. The maximum absolute atomic E-state index is 15.1. The lowest BCUT2D eigenvalue weighted by Crippen LogP contribution is -2.42. The molecule has 2 aliphatic rings.